The predicted molar refractivity (Wildman–Crippen MR) is 58.4 cm³/mol. The SMILES string of the molecule is CCC(CC)N(C)C(C)C(C)C(=O)O. The third-order valence-electron chi connectivity index (χ3n) is 3.27. The molecule has 0 aliphatic carbocycles. The molecule has 0 amide bonds. The Balaban J connectivity index is 4.35. The second-order valence-electron chi connectivity index (χ2n) is 4.00. The molecule has 0 bridgehead atoms. The lowest BCUT2D eigenvalue weighted by Crippen LogP contribution is -2.43. The summed E-state index contributed by atoms with van der Waals surface area (Å²) >= 11 is 0. The zero-order chi connectivity index (χ0) is 11.3. The van der Waals surface area contributed by atoms with Crippen LogP contribution in [0, 0.1) is 5.92 Å². The maximum Gasteiger partial charge on any atom is 0.307 e. The van der Waals surface area contributed by atoms with Crippen molar-refractivity contribution >= 4 is 5.97 Å². The van der Waals surface area contributed by atoms with Gasteiger partial charge in [0.15, 0.2) is 0 Å². The van der Waals surface area contributed by atoms with E-state index in [0.717, 1.165) is 12.8 Å². The summed E-state index contributed by atoms with van der Waals surface area (Å²) in [5.41, 5.74) is 0. The van der Waals surface area contributed by atoms with Crippen LogP contribution in [0.4, 0.5) is 0 Å². The quantitative estimate of drug-likeness (QED) is 0.716. The second kappa shape index (κ2) is 6.02. The molecule has 0 aromatic rings. The molecule has 84 valence electrons. The topological polar surface area (TPSA) is 40.5 Å². The van der Waals surface area contributed by atoms with Crippen LogP contribution in [0.2, 0.25) is 0 Å². The van der Waals surface area contributed by atoms with Crippen LogP contribution in [0.1, 0.15) is 40.5 Å². The fourth-order valence-electron chi connectivity index (χ4n) is 1.76. The van der Waals surface area contributed by atoms with Crippen molar-refractivity contribution in [1.82, 2.24) is 4.90 Å². The average Bonchev–Trinajstić information content (AvgIpc) is 2.17. The summed E-state index contributed by atoms with van der Waals surface area (Å²) in [5, 5.41) is 8.90. The highest BCUT2D eigenvalue weighted by atomic mass is 16.4. The molecule has 0 aliphatic heterocycles. The summed E-state index contributed by atoms with van der Waals surface area (Å²) in [6.45, 7) is 8.04. The minimum Gasteiger partial charge on any atom is -0.481 e. The molecule has 0 heterocycles. The third kappa shape index (κ3) is 3.29. The molecule has 0 saturated heterocycles. The lowest BCUT2D eigenvalue weighted by atomic mass is 9.99. The Morgan fingerprint density at radius 3 is 2.00 bits per heavy atom. The van der Waals surface area contributed by atoms with E-state index in [-0.39, 0.29) is 12.0 Å². The van der Waals surface area contributed by atoms with Crippen molar-refractivity contribution in [2.45, 2.75) is 52.6 Å². The molecule has 0 aromatic heterocycles. The van der Waals surface area contributed by atoms with Crippen LogP contribution in [0.15, 0.2) is 0 Å². The Hall–Kier alpha value is -0.570. The summed E-state index contributed by atoms with van der Waals surface area (Å²) in [6.07, 6.45) is 2.15. The maximum absolute atomic E-state index is 10.8. The maximum atomic E-state index is 10.8. The Morgan fingerprint density at radius 2 is 1.71 bits per heavy atom. The first-order valence-corrected chi connectivity index (χ1v) is 5.40. The predicted octanol–water partition coefficient (Wildman–Crippen LogP) is 2.22. The lowest BCUT2D eigenvalue weighted by Gasteiger charge is -2.34. The number of nitrogens with zero attached hydrogens (tertiary/aromatic N) is 1. The fraction of sp³-hybridized carbons (Fsp3) is 0.909. The summed E-state index contributed by atoms with van der Waals surface area (Å²) in [4.78, 5) is 13.0. The molecule has 14 heavy (non-hydrogen) atoms. The molecule has 0 radical (unpaired) electrons. The fourth-order valence-corrected chi connectivity index (χ4v) is 1.76. The lowest BCUT2D eigenvalue weighted by molar-refractivity contribution is -0.143. The molecule has 0 aliphatic rings. The van der Waals surface area contributed by atoms with Crippen molar-refractivity contribution in [3.63, 3.8) is 0 Å². The molecule has 2 unspecified atom stereocenters. The van der Waals surface area contributed by atoms with E-state index in [2.05, 4.69) is 18.7 Å². The zero-order valence-corrected chi connectivity index (χ0v) is 9.95. The molecule has 0 spiro atoms. The minimum absolute atomic E-state index is 0.0948. The van der Waals surface area contributed by atoms with E-state index in [1.54, 1.807) is 6.92 Å². The van der Waals surface area contributed by atoms with Gasteiger partial charge < -0.3 is 5.11 Å². The van der Waals surface area contributed by atoms with Crippen molar-refractivity contribution < 1.29 is 9.90 Å². The van der Waals surface area contributed by atoms with Gasteiger partial charge in [0.1, 0.15) is 0 Å². The van der Waals surface area contributed by atoms with Crippen molar-refractivity contribution in [3.05, 3.63) is 0 Å². The van der Waals surface area contributed by atoms with Crippen LogP contribution in [0.5, 0.6) is 0 Å². The first kappa shape index (κ1) is 13.4. The van der Waals surface area contributed by atoms with Gasteiger partial charge in [-0.05, 0) is 26.8 Å². The standard InChI is InChI=1S/C11H23NO2/c1-6-10(7-2)12(5)9(4)8(3)11(13)14/h8-10H,6-7H2,1-5H3,(H,13,14). The normalized spacial score (nSPS) is 15.9. The van der Waals surface area contributed by atoms with Gasteiger partial charge in [-0.15, -0.1) is 0 Å². The van der Waals surface area contributed by atoms with Gasteiger partial charge in [0, 0.05) is 12.1 Å². The van der Waals surface area contributed by atoms with Gasteiger partial charge in [0.05, 0.1) is 5.92 Å². The minimum atomic E-state index is -0.713. The van der Waals surface area contributed by atoms with E-state index in [1.165, 1.54) is 0 Å². The third-order valence-corrected chi connectivity index (χ3v) is 3.27. The first-order chi connectivity index (χ1) is 6.45. The Bertz CT molecular complexity index is 178. The zero-order valence-electron chi connectivity index (χ0n) is 9.95. The van der Waals surface area contributed by atoms with E-state index in [4.69, 9.17) is 5.11 Å². The Morgan fingerprint density at radius 1 is 1.29 bits per heavy atom. The first-order valence-electron chi connectivity index (χ1n) is 5.40. The van der Waals surface area contributed by atoms with Crippen LogP contribution in [-0.4, -0.2) is 35.1 Å². The number of hydrogen-bond donors (Lipinski definition) is 1. The monoisotopic (exact) mass is 201 g/mol. The molecule has 0 rings (SSSR count). The van der Waals surface area contributed by atoms with E-state index >= 15 is 0 Å². The number of carboxylic acids is 1. The molecular weight excluding hydrogens is 178 g/mol. The average molecular weight is 201 g/mol. The van der Waals surface area contributed by atoms with E-state index in [0.29, 0.717) is 6.04 Å². The Labute approximate surface area is 87.1 Å². The highest BCUT2D eigenvalue weighted by Crippen LogP contribution is 2.16. The van der Waals surface area contributed by atoms with Gasteiger partial charge in [-0.25, -0.2) is 0 Å². The van der Waals surface area contributed by atoms with Gasteiger partial charge >= 0.3 is 5.97 Å². The molecule has 0 aromatic carbocycles. The van der Waals surface area contributed by atoms with E-state index in [9.17, 15) is 4.79 Å². The van der Waals surface area contributed by atoms with Crippen molar-refractivity contribution in [1.29, 1.82) is 0 Å². The van der Waals surface area contributed by atoms with Gasteiger partial charge in [-0.3, -0.25) is 9.69 Å². The molecule has 1 N–H and O–H groups in total. The van der Waals surface area contributed by atoms with Crippen LogP contribution >= 0.6 is 0 Å². The summed E-state index contributed by atoms with van der Waals surface area (Å²) in [5.74, 6) is -1.02. The van der Waals surface area contributed by atoms with Gasteiger partial charge in [0.2, 0.25) is 0 Å². The van der Waals surface area contributed by atoms with E-state index < -0.39 is 5.97 Å². The van der Waals surface area contributed by atoms with Gasteiger partial charge in [-0.1, -0.05) is 20.8 Å². The summed E-state index contributed by atoms with van der Waals surface area (Å²) in [6, 6.07) is 0.587. The van der Waals surface area contributed by atoms with Crippen LogP contribution < -0.4 is 0 Å². The van der Waals surface area contributed by atoms with Gasteiger partial charge in [-0.2, -0.15) is 0 Å². The number of hydrogen-bond acceptors (Lipinski definition) is 2. The second-order valence-corrected chi connectivity index (χ2v) is 4.00. The molecule has 2 atom stereocenters. The molecule has 3 heteroatoms. The Kier molecular flexibility index (Phi) is 5.77. The summed E-state index contributed by atoms with van der Waals surface area (Å²) in [7, 11) is 2.02. The van der Waals surface area contributed by atoms with Crippen molar-refractivity contribution in [2.75, 3.05) is 7.05 Å². The van der Waals surface area contributed by atoms with Crippen LogP contribution in [0.3, 0.4) is 0 Å². The molecule has 3 nitrogen and oxygen atoms in total. The smallest absolute Gasteiger partial charge is 0.307 e. The number of rotatable bonds is 6. The number of carbonyl (C=O) groups is 1. The van der Waals surface area contributed by atoms with Gasteiger partial charge in [0.25, 0.3) is 0 Å². The molecular formula is C11H23NO2. The largest absolute Gasteiger partial charge is 0.481 e. The van der Waals surface area contributed by atoms with E-state index in [1.807, 2.05) is 14.0 Å². The summed E-state index contributed by atoms with van der Waals surface area (Å²) < 4.78 is 0. The highest BCUT2D eigenvalue weighted by Gasteiger charge is 2.25. The van der Waals surface area contributed by atoms with Crippen LogP contribution in [0.25, 0.3) is 0 Å². The highest BCUT2D eigenvalue weighted by molar-refractivity contribution is 5.70. The molecule has 0 saturated carbocycles. The molecule has 0 fully saturated rings. The van der Waals surface area contributed by atoms with Crippen molar-refractivity contribution in [3.8, 4) is 0 Å². The van der Waals surface area contributed by atoms with Crippen molar-refractivity contribution in [2.24, 2.45) is 5.92 Å². The number of carboxylic acid groups (broad SMARTS) is 1. The number of aliphatic carboxylic acids is 1. The van der Waals surface area contributed by atoms with Crippen LogP contribution in [-0.2, 0) is 4.79 Å².